The lowest BCUT2D eigenvalue weighted by Crippen LogP contribution is -2.46. The van der Waals surface area contributed by atoms with Gasteiger partial charge in [0.15, 0.2) is 0 Å². The molecule has 1 fully saturated rings. The van der Waals surface area contributed by atoms with Crippen LogP contribution in [0.1, 0.15) is 19.8 Å². The molecule has 2 rings (SSSR count). The Morgan fingerprint density at radius 2 is 2.13 bits per heavy atom. The minimum atomic E-state index is -0.583. The Bertz CT molecular complexity index is 349. The second-order valence-corrected chi connectivity index (χ2v) is 4.58. The van der Waals surface area contributed by atoms with E-state index in [4.69, 9.17) is 5.73 Å². The third-order valence-corrected chi connectivity index (χ3v) is 2.95. The molecule has 1 heterocycles. The third-order valence-electron chi connectivity index (χ3n) is 2.95. The molecule has 1 aromatic carbocycles. The van der Waals surface area contributed by atoms with Crippen molar-refractivity contribution in [2.45, 2.75) is 25.4 Å². The highest BCUT2D eigenvalue weighted by atomic mass is 16.3. The number of hydrogen-bond donors (Lipinski definition) is 2. The lowest BCUT2D eigenvalue weighted by atomic mass is 9.94. The molecule has 1 saturated heterocycles. The summed E-state index contributed by atoms with van der Waals surface area (Å²) in [6.45, 7) is 3.53. The van der Waals surface area contributed by atoms with Gasteiger partial charge >= 0.3 is 0 Å². The molecular weight excluding hydrogens is 188 g/mol. The maximum absolute atomic E-state index is 10.0. The first-order valence-electron chi connectivity index (χ1n) is 5.40. The molecule has 1 unspecified atom stereocenters. The zero-order valence-corrected chi connectivity index (χ0v) is 9.11. The van der Waals surface area contributed by atoms with Gasteiger partial charge in [0, 0.05) is 13.1 Å². The van der Waals surface area contributed by atoms with Crippen molar-refractivity contribution in [1.29, 1.82) is 0 Å². The smallest absolute Gasteiger partial charge is 0.0794 e. The number of hydrogen-bond acceptors (Lipinski definition) is 3. The van der Waals surface area contributed by atoms with Gasteiger partial charge in [0.1, 0.15) is 0 Å². The maximum atomic E-state index is 10.0. The molecule has 3 nitrogen and oxygen atoms in total. The fourth-order valence-corrected chi connectivity index (χ4v) is 2.20. The van der Waals surface area contributed by atoms with Crippen molar-refractivity contribution < 1.29 is 5.11 Å². The molecule has 0 aromatic heterocycles. The summed E-state index contributed by atoms with van der Waals surface area (Å²) in [5.74, 6) is 0. The highest BCUT2D eigenvalue weighted by Gasteiger charge is 2.28. The number of β-amino-alcohol motifs (C(OH)–C–C–N with tert-alkyl or cyclic N) is 1. The minimum Gasteiger partial charge on any atom is -0.397 e. The first-order chi connectivity index (χ1) is 7.08. The monoisotopic (exact) mass is 206 g/mol. The largest absolute Gasteiger partial charge is 0.397 e. The number of para-hydroxylation sites is 2. The summed E-state index contributed by atoms with van der Waals surface area (Å²) in [6.07, 6.45) is 1.89. The normalized spacial score (nSPS) is 26.7. The summed E-state index contributed by atoms with van der Waals surface area (Å²) in [4.78, 5) is 2.17. The summed E-state index contributed by atoms with van der Waals surface area (Å²) in [7, 11) is 0. The number of nitrogens with two attached hydrogens (primary N) is 1. The molecule has 82 valence electrons. The zero-order valence-electron chi connectivity index (χ0n) is 9.11. The van der Waals surface area contributed by atoms with Crippen LogP contribution in [-0.2, 0) is 0 Å². The van der Waals surface area contributed by atoms with Crippen LogP contribution in [0.5, 0.6) is 0 Å². The predicted octanol–water partition coefficient (Wildman–Crippen LogP) is 1.62. The number of rotatable bonds is 1. The van der Waals surface area contributed by atoms with Gasteiger partial charge in [0.25, 0.3) is 0 Å². The molecule has 0 saturated carbocycles. The molecule has 0 radical (unpaired) electrons. The third kappa shape index (κ3) is 2.23. The first kappa shape index (κ1) is 10.3. The minimum absolute atomic E-state index is 0.583. The number of nitrogen functional groups attached to an aromatic ring is 1. The fourth-order valence-electron chi connectivity index (χ4n) is 2.20. The van der Waals surface area contributed by atoms with E-state index in [-0.39, 0.29) is 0 Å². The van der Waals surface area contributed by atoms with Crippen molar-refractivity contribution in [3.63, 3.8) is 0 Å². The molecule has 1 aromatic rings. The summed E-state index contributed by atoms with van der Waals surface area (Å²) in [6, 6.07) is 7.82. The average molecular weight is 206 g/mol. The summed E-state index contributed by atoms with van der Waals surface area (Å²) in [5, 5.41) is 10.0. The molecule has 0 aliphatic carbocycles. The van der Waals surface area contributed by atoms with Crippen LogP contribution in [0.2, 0.25) is 0 Å². The molecule has 0 amide bonds. The van der Waals surface area contributed by atoms with Crippen LogP contribution in [0.15, 0.2) is 24.3 Å². The van der Waals surface area contributed by atoms with E-state index >= 15 is 0 Å². The second-order valence-electron chi connectivity index (χ2n) is 4.58. The van der Waals surface area contributed by atoms with E-state index in [1.807, 2.05) is 31.2 Å². The standard InChI is InChI=1S/C12H18N2O/c1-12(15)7-4-8-14(9-12)11-6-3-2-5-10(11)13/h2-3,5-6,15H,4,7-9,13H2,1H3. The van der Waals surface area contributed by atoms with Crippen molar-refractivity contribution >= 4 is 11.4 Å². The van der Waals surface area contributed by atoms with Crippen molar-refractivity contribution in [3.05, 3.63) is 24.3 Å². The van der Waals surface area contributed by atoms with Gasteiger partial charge < -0.3 is 15.7 Å². The zero-order chi connectivity index (χ0) is 10.9. The number of benzene rings is 1. The Morgan fingerprint density at radius 3 is 2.80 bits per heavy atom. The second kappa shape index (κ2) is 3.74. The van der Waals surface area contributed by atoms with Crippen LogP contribution in [-0.4, -0.2) is 23.8 Å². The van der Waals surface area contributed by atoms with E-state index < -0.39 is 5.60 Å². The molecule has 1 aliphatic rings. The van der Waals surface area contributed by atoms with Crippen molar-refractivity contribution in [3.8, 4) is 0 Å². The van der Waals surface area contributed by atoms with E-state index in [2.05, 4.69) is 4.90 Å². The average Bonchev–Trinajstić information content (AvgIpc) is 2.17. The van der Waals surface area contributed by atoms with Crippen LogP contribution in [0.4, 0.5) is 11.4 Å². The highest BCUT2D eigenvalue weighted by molar-refractivity contribution is 5.67. The molecule has 0 bridgehead atoms. The van der Waals surface area contributed by atoms with Gasteiger partial charge in [0.2, 0.25) is 0 Å². The number of nitrogens with zero attached hydrogens (tertiary/aromatic N) is 1. The van der Waals surface area contributed by atoms with E-state index in [1.54, 1.807) is 0 Å². The number of aliphatic hydroxyl groups is 1. The van der Waals surface area contributed by atoms with Gasteiger partial charge in [-0.2, -0.15) is 0 Å². The van der Waals surface area contributed by atoms with Crippen LogP contribution in [0, 0.1) is 0 Å². The molecule has 1 atom stereocenters. The molecule has 3 heteroatoms. The molecule has 0 spiro atoms. The van der Waals surface area contributed by atoms with Gasteiger partial charge in [-0.3, -0.25) is 0 Å². The van der Waals surface area contributed by atoms with Gasteiger partial charge in [0.05, 0.1) is 17.0 Å². The van der Waals surface area contributed by atoms with Crippen LogP contribution in [0.3, 0.4) is 0 Å². The molecule has 15 heavy (non-hydrogen) atoms. The highest BCUT2D eigenvalue weighted by Crippen LogP contribution is 2.29. The van der Waals surface area contributed by atoms with Gasteiger partial charge in [-0.15, -0.1) is 0 Å². The van der Waals surface area contributed by atoms with Gasteiger partial charge in [-0.25, -0.2) is 0 Å². The van der Waals surface area contributed by atoms with E-state index in [0.717, 1.165) is 30.8 Å². The van der Waals surface area contributed by atoms with Gasteiger partial charge in [-0.1, -0.05) is 12.1 Å². The Hall–Kier alpha value is -1.22. The van der Waals surface area contributed by atoms with Crippen molar-refractivity contribution in [2.75, 3.05) is 23.7 Å². The van der Waals surface area contributed by atoms with Gasteiger partial charge in [-0.05, 0) is 31.9 Å². The Labute approximate surface area is 90.5 Å². The molecule has 1 aliphatic heterocycles. The quantitative estimate of drug-likeness (QED) is 0.686. The Kier molecular flexibility index (Phi) is 2.57. The van der Waals surface area contributed by atoms with E-state index in [0.29, 0.717) is 6.54 Å². The van der Waals surface area contributed by atoms with Crippen molar-refractivity contribution in [2.24, 2.45) is 0 Å². The SMILES string of the molecule is CC1(O)CCCN(c2ccccc2N)C1. The predicted molar refractivity (Wildman–Crippen MR) is 62.9 cm³/mol. The van der Waals surface area contributed by atoms with Crippen LogP contribution in [0.25, 0.3) is 0 Å². The lowest BCUT2D eigenvalue weighted by Gasteiger charge is -2.38. The number of anilines is 2. The Morgan fingerprint density at radius 1 is 1.40 bits per heavy atom. The number of piperidine rings is 1. The Balaban J connectivity index is 2.21. The summed E-state index contributed by atoms with van der Waals surface area (Å²) < 4.78 is 0. The van der Waals surface area contributed by atoms with Crippen molar-refractivity contribution in [1.82, 2.24) is 0 Å². The van der Waals surface area contributed by atoms with E-state index in [9.17, 15) is 5.11 Å². The fraction of sp³-hybridized carbons (Fsp3) is 0.500. The molecular formula is C12H18N2O. The van der Waals surface area contributed by atoms with Crippen LogP contribution < -0.4 is 10.6 Å². The lowest BCUT2D eigenvalue weighted by molar-refractivity contribution is 0.0450. The first-order valence-corrected chi connectivity index (χ1v) is 5.40. The summed E-state index contributed by atoms with van der Waals surface area (Å²) in [5.41, 5.74) is 7.16. The molecule has 3 N–H and O–H groups in total. The topological polar surface area (TPSA) is 49.5 Å². The van der Waals surface area contributed by atoms with Crippen LogP contribution >= 0.6 is 0 Å². The summed E-state index contributed by atoms with van der Waals surface area (Å²) >= 11 is 0. The van der Waals surface area contributed by atoms with E-state index in [1.165, 1.54) is 0 Å². The maximum Gasteiger partial charge on any atom is 0.0794 e.